The smallest absolute Gasteiger partial charge is 0.303 e. The number of carbonyl (C=O) groups excluding carboxylic acids is 1. The Kier molecular flexibility index (Phi) is 2.64. The minimum Gasteiger partial charge on any atom is -0.303 e. The molecule has 0 aliphatic heterocycles. The van der Waals surface area contributed by atoms with E-state index in [2.05, 4.69) is 0 Å². The van der Waals surface area contributed by atoms with Crippen LogP contribution in [0.1, 0.15) is 12.0 Å². The number of aldehydes is 1. The van der Waals surface area contributed by atoms with E-state index in [1.54, 1.807) is 23.2 Å². The zero-order valence-electron chi connectivity index (χ0n) is 9.43. The maximum atomic E-state index is 11.7. The summed E-state index contributed by atoms with van der Waals surface area (Å²) in [5.41, 5.74) is 2.89. The van der Waals surface area contributed by atoms with Gasteiger partial charge in [0.1, 0.15) is 6.29 Å². The Balaban J connectivity index is 2.57. The fourth-order valence-corrected chi connectivity index (χ4v) is 1.93. The van der Waals surface area contributed by atoms with Gasteiger partial charge in [-0.05, 0) is 24.1 Å². The summed E-state index contributed by atoms with van der Waals surface area (Å²) < 4.78 is 3.25. The van der Waals surface area contributed by atoms with Gasteiger partial charge in [0.25, 0.3) is 0 Å². The van der Waals surface area contributed by atoms with Gasteiger partial charge in [-0.25, -0.2) is 4.79 Å². The predicted molar refractivity (Wildman–Crippen MR) is 62.5 cm³/mol. The van der Waals surface area contributed by atoms with Crippen LogP contribution in [0.4, 0.5) is 0 Å². The van der Waals surface area contributed by atoms with Crippen LogP contribution in [0, 0.1) is 0 Å². The largest absolute Gasteiger partial charge is 0.328 e. The molecule has 2 rings (SSSR count). The molecule has 1 heterocycles. The Hall–Kier alpha value is -1.84. The molecule has 0 bridgehead atoms. The molecule has 4 nitrogen and oxygen atoms in total. The van der Waals surface area contributed by atoms with E-state index in [9.17, 15) is 9.59 Å². The first-order valence-electron chi connectivity index (χ1n) is 5.23. The molecular formula is C12H14N2O2. The molecule has 1 aromatic carbocycles. The first-order valence-corrected chi connectivity index (χ1v) is 5.23. The lowest BCUT2D eigenvalue weighted by molar-refractivity contribution is -0.107. The standard InChI is InChI=1S/C12H14N2O2/c1-13-10-6-5-9(4-3-7-15)8-11(10)14(2)12(13)16/h5-8H,3-4H2,1-2H3. The molecule has 16 heavy (non-hydrogen) atoms. The molecule has 0 aliphatic rings. The molecule has 0 saturated heterocycles. The van der Waals surface area contributed by atoms with Crippen LogP contribution in [0.15, 0.2) is 23.0 Å². The van der Waals surface area contributed by atoms with E-state index in [0.717, 1.165) is 29.3 Å². The molecule has 2 aromatic rings. The lowest BCUT2D eigenvalue weighted by Crippen LogP contribution is -2.19. The van der Waals surface area contributed by atoms with Crippen molar-refractivity contribution in [2.75, 3.05) is 0 Å². The summed E-state index contributed by atoms with van der Waals surface area (Å²) in [6.45, 7) is 0. The van der Waals surface area contributed by atoms with Crippen molar-refractivity contribution >= 4 is 17.3 Å². The zero-order valence-corrected chi connectivity index (χ0v) is 9.43. The van der Waals surface area contributed by atoms with Crippen LogP contribution in [-0.4, -0.2) is 15.4 Å². The minimum atomic E-state index is -0.0254. The number of imidazole rings is 1. The average Bonchev–Trinajstić information content (AvgIpc) is 2.52. The maximum Gasteiger partial charge on any atom is 0.328 e. The summed E-state index contributed by atoms with van der Waals surface area (Å²) >= 11 is 0. The number of fused-ring (bicyclic) bond motifs is 1. The van der Waals surface area contributed by atoms with Crippen molar-refractivity contribution in [2.45, 2.75) is 12.8 Å². The lowest BCUT2D eigenvalue weighted by atomic mass is 10.1. The van der Waals surface area contributed by atoms with Gasteiger partial charge in [0.05, 0.1) is 11.0 Å². The van der Waals surface area contributed by atoms with E-state index in [1.165, 1.54) is 0 Å². The fourth-order valence-electron chi connectivity index (χ4n) is 1.93. The number of nitrogens with zero attached hydrogens (tertiary/aromatic N) is 2. The molecule has 0 unspecified atom stereocenters. The molecule has 0 aliphatic carbocycles. The van der Waals surface area contributed by atoms with Crippen molar-refractivity contribution in [2.24, 2.45) is 14.1 Å². The van der Waals surface area contributed by atoms with Crippen LogP contribution < -0.4 is 5.69 Å². The van der Waals surface area contributed by atoms with Gasteiger partial charge >= 0.3 is 5.69 Å². The third-order valence-electron chi connectivity index (χ3n) is 2.89. The van der Waals surface area contributed by atoms with E-state index in [-0.39, 0.29) is 5.69 Å². The summed E-state index contributed by atoms with van der Waals surface area (Å²) in [6, 6.07) is 5.86. The SMILES string of the molecule is Cn1c(=O)n(C)c2cc(CCC=O)ccc21. The number of hydrogen-bond donors (Lipinski definition) is 0. The second-order valence-electron chi connectivity index (χ2n) is 3.93. The molecule has 0 amide bonds. The van der Waals surface area contributed by atoms with Gasteiger partial charge in [-0.3, -0.25) is 9.13 Å². The van der Waals surface area contributed by atoms with Gasteiger partial charge < -0.3 is 4.79 Å². The van der Waals surface area contributed by atoms with Gasteiger partial charge in [-0.15, -0.1) is 0 Å². The van der Waals surface area contributed by atoms with Crippen molar-refractivity contribution in [3.05, 3.63) is 34.2 Å². The first kappa shape index (κ1) is 10.7. The highest BCUT2D eigenvalue weighted by Gasteiger charge is 2.07. The highest BCUT2D eigenvalue weighted by molar-refractivity contribution is 5.76. The molecule has 0 N–H and O–H groups in total. The topological polar surface area (TPSA) is 44.0 Å². The minimum absolute atomic E-state index is 0.0254. The molecule has 0 saturated carbocycles. The summed E-state index contributed by atoms with van der Waals surface area (Å²) in [7, 11) is 3.52. The van der Waals surface area contributed by atoms with E-state index in [1.807, 2.05) is 18.2 Å². The zero-order chi connectivity index (χ0) is 11.7. The third kappa shape index (κ3) is 1.56. The molecule has 0 atom stereocenters. The van der Waals surface area contributed by atoms with Crippen molar-refractivity contribution in [1.82, 2.24) is 9.13 Å². The second kappa shape index (κ2) is 3.96. The molecule has 1 aromatic heterocycles. The van der Waals surface area contributed by atoms with Crippen LogP contribution in [0.25, 0.3) is 11.0 Å². The van der Waals surface area contributed by atoms with Gasteiger partial charge in [-0.1, -0.05) is 6.07 Å². The molecule has 4 heteroatoms. The molecule has 0 radical (unpaired) electrons. The Labute approximate surface area is 93.1 Å². The number of benzene rings is 1. The van der Waals surface area contributed by atoms with Gasteiger partial charge in [-0.2, -0.15) is 0 Å². The lowest BCUT2D eigenvalue weighted by Gasteiger charge is -1.99. The van der Waals surface area contributed by atoms with Gasteiger partial charge in [0, 0.05) is 20.5 Å². The van der Waals surface area contributed by atoms with E-state index >= 15 is 0 Å². The Morgan fingerprint density at radius 2 is 1.88 bits per heavy atom. The number of aromatic nitrogens is 2. The summed E-state index contributed by atoms with van der Waals surface area (Å²) in [4.78, 5) is 22.0. The van der Waals surface area contributed by atoms with E-state index in [4.69, 9.17) is 0 Å². The van der Waals surface area contributed by atoms with Crippen LogP contribution in [-0.2, 0) is 25.3 Å². The predicted octanol–water partition coefficient (Wildman–Crippen LogP) is 1.01. The van der Waals surface area contributed by atoms with Crippen LogP contribution in [0.3, 0.4) is 0 Å². The number of rotatable bonds is 3. The highest BCUT2D eigenvalue weighted by atomic mass is 16.1. The Morgan fingerprint density at radius 3 is 2.56 bits per heavy atom. The van der Waals surface area contributed by atoms with Crippen LogP contribution >= 0.6 is 0 Å². The van der Waals surface area contributed by atoms with Crippen LogP contribution in [0.2, 0.25) is 0 Å². The number of hydrogen-bond acceptors (Lipinski definition) is 2. The third-order valence-corrected chi connectivity index (χ3v) is 2.89. The van der Waals surface area contributed by atoms with E-state index < -0.39 is 0 Å². The molecular weight excluding hydrogens is 204 g/mol. The van der Waals surface area contributed by atoms with Crippen molar-refractivity contribution in [1.29, 1.82) is 0 Å². The highest BCUT2D eigenvalue weighted by Crippen LogP contribution is 2.14. The van der Waals surface area contributed by atoms with Crippen LogP contribution in [0.5, 0.6) is 0 Å². The summed E-state index contributed by atoms with van der Waals surface area (Å²) in [5, 5.41) is 0. The molecule has 0 fully saturated rings. The van der Waals surface area contributed by atoms with E-state index in [0.29, 0.717) is 6.42 Å². The number of aryl methyl sites for hydroxylation is 3. The quantitative estimate of drug-likeness (QED) is 0.722. The monoisotopic (exact) mass is 218 g/mol. The Bertz CT molecular complexity index is 593. The van der Waals surface area contributed by atoms with Crippen molar-refractivity contribution in [3.8, 4) is 0 Å². The van der Waals surface area contributed by atoms with Gasteiger partial charge in [0.2, 0.25) is 0 Å². The molecule has 84 valence electrons. The van der Waals surface area contributed by atoms with Gasteiger partial charge in [0.15, 0.2) is 0 Å². The average molecular weight is 218 g/mol. The number of carbonyl (C=O) groups is 1. The second-order valence-corrected chi connectivity index (χ2v) is 3.93. The van der Waals surface area contributed by atoms with Crippen molar-refractivity contribution in [3.63, 3.8) is 0 Å². The maximum absolute atomic E-state index is 11.7. The normalized spacial score (nSPS) is 10.9. The van der Waals surface area contributed by atoms with Crippen molar-refractivity contribution < 1.29 is 4.79 Å². The Morgan fingerprint density at radius 1 is 1.19 bits per heavy atom. The molecule has 0 spiro atoms. The summed E-state index contributed by atoms with van der Waals surface area (Å²) in [5.74, 6) is 0. The summed E-state index contributed by atoms with van der Waals surface area (Å²) in [6.07, 6.45) is 2.16. The fraction of sp³-hybridized carbons (Fsp3) is 0.333. The first-order chi connectivity index (χ1) is 7.65.